The van der Waals surface area contributed by atoms with Gasteiger partial charge in [0.05, 0.1) is 23.1 Å². The molecule has 2 heterocycles. The second kappa shape index (κ2) is 10.2. The molecule has 0 spiro atoms. The van der Waals surface area contributed by atoms with Gasteiger partial charge in [0.2, 0.25) is 5.71 Å². The topological polar surface area (TPSA) is 96.3 Å². The predicted octanol–water partition coefficient (Wildman–Crippen LogP) is 6.15. The number of halogens is 4. The van der Waals surface area contributed by atoms with E-state index < -0.39 is 36.4 Å². The van der Waals surface area contributed by atoms with E-state index in [0.29, 0.717) is 17.0 Å². The minimum atomic E-state index is -2.71. The lowest BCUT2D eigenvalue weighted by atomic mass is 9.77. The molecular formula is C30H26F4N4O3. The molecule has 2 bridgehead atoms. The minimum Gasteiger partial charge on any atom is -0.437 e. The Labute approximate surface area is 232 Å². The van der Waals surface area contributed by atoms with Crippen LogP contribution in [-0.2, 0) is 0 Å². The fourth-order valence-corrected chi connectivity index (χ4v) is 5.98. The molecule has 0 atom stereocenters. The van der Waals surface area contributed by atoms with E-state index in [4.69, 9.17) is 4.42 Å². The summed E-state index contributed by atoms with van der Waals surface area (Å²) in [5.41, 5.74) is 0.573. The molecule has 2 amide bonds. The third kappa shape index (κ3) is 4.89. The molecular weight excluding hydrogens is 540 g/mol. The number of hydrogen-bond acceptors (Lipinski definition) is 5. The molecule has 2 aromatic carbocycles. The summed E-state index contributed by atoms with van der Waals surface area (Å²) >= 11 is 0. The van der Waals surface area contributed by atoms with Crippen molar-refractivity contribution in [2.45, 2.75) is 37.6 Å². The highest BCUT2D eigenvalue weighted by Gasteiger charge is 2.51. The lowest BCUT2D eigenvalue weighted by molar-refractivity contribution is 0.0836. The van der Waals surface area contributed by atoms with Crippen molar-refractivity contribution in [3.8, 4) is 22.5 Å². The van der Waals surface area contributed by atoms with E-state index in [1.807, 2.05) is 0 Å². The molecule has 4 aromatic rings. The molecule has 7 nitrogen and oxygen atoms in total. The fraction of sp³-hybridized carbons (Fsp3) is 0.300. The van der Waals surface area contributed by atoms with Crippen molar-refractivity contribution in [2.75, 3.05) is 18.9 Å². The summed E-state index contributed by atoms with van der Waals surface area (Å²) in [5, 5.41) is 8.39. The summed E-state index contributed by atoms with van der Waals surface area (Å²) in [6.07, 6.45) is 0.931. The van der Waals surface area contributed by atoms with Crippen LogP contribution in [0.25, 0.3) is 33.6 Å². The van der Waals surface area contributed by atoms with Crippen LogP contribution in [0.3, 0.4) is 0 Å². The number of benzene rings is 2. The number of aromatic nitrogens is 1. The minimum absolute atomic E-state index is 0.00477. The lowest BCUT2D eigenvalue weighted by Gasteiger charge is -2.39. The third-order valence-electron chi connectivity index (χ3n) is 7.96. The average molecular weight is 567 g/mol. The zero-order valence-electron chi connectivity index (χ0n) is 22.0. The third-order valence-corrected chi connectivity index (χ3v) is 7.96. The molecule has 41 heavy (non-hydrogen) atoms. The van der Waals surface area contributed by atoms with E-state index >= 15 is 0 Å². The van der Waals surface area contributed by atoms with Crippen molar-refractivity contribution in [1.82, 2.24) is 15.6 Å². The second-order valence-corrected chi connectivity index (χ2v) is 10.6. The first-order valence-corrected chi connectivity index (χ1v) is 13.3. The fourth-order valence-electron chi connectivity index (χ4n) is 5.98. The number of anilines is 1. The van der Waals surface area contributed by atoms with Gasteiger partial charge >= 0.3 is 0 Å². The summed E-state index contributed by atoms with van der Waals surface area (Å²) in [5.74, 6) is -1.57. The molecule has 2 aromatic heterocycles. The number of amides is 2. The molecule has 11 heteroatoms. The molecule has 0 aliphatic heterocycles. The molecule has 3 aliphatic carbocycles. The Balaban J connectivity index is 1.48. The number of fused-ring (bicyclic) bond motifs is 2. The number of nitrogens with one attached hydrogen (secondary N) is 3. The van der Waals surface area contributed by atoms with Crippen LogP contribution in [0.4, 0.5) is 23.4 Å². The molecule has 3 N–H and O–H groups in total. The molecule has 7 rings (SSSR count). The summed E-state index contributed by atoms with van der Waals surface area (Å²) in [7, 11) is 1.43. The standard InChI is InChI=1S/C30H26F4N4O3/c1-35-28(40)24-21-11-19(17-4-7-22(32)20(10-17)27(39)38-30-9-8-15(12-30)13-30)26(36-14-23(33)34)37-29(21)41-25(24)16-2-5-18(31)6-3-16/h2-7,10-11,15,23H,8-9,12-14H2,1H3,(H,35,40)(H,36,37)(H,38,39). The van der Waals surface area contributed by atoms with Crippen molar-refractivity contribution < 1.29 is 31.6 Å². The van der Waals surface area contributed by atoms with Crippen LogP contribution in [0.1, 0.15) is 46.4 Å². The SMILES string of the molecule is CNC(=O)c1c(-c2ccc(F)cc2)oc2nc(NCC(F)F)c(-c3ccc(F)c(C(=O)NC45CCC(C4)C5)c3)cc12. The highest BCUT2D eigenvalue weighted by Crippen LogP contribution is 2.52. The highest BCUT2D eigenvalue weighted by atomic mass is 19.3. The van der Waals surface area contributed by atoms with Crippen LogP contribution >= 0.6 is 0 Å². The maximum absolute atomic E-state index is 14.9. The Kier molecular flexibility index (Phi) is 6.67. The van der Waals surface area contributed by atoms with Gasteiger partial charge in [-0.05, 0) is 79.6 Å². The summed E-state index contributed by atoms with van der Waals surface area (Å²) < 4.78 is 60.8. The second-order valence-electron chi connectivity index (χ2n) is 10.6. The van der Waals surface area contributed by atoms with Gasteiger partial charge in [0.15, 0.2) is 0 Å². The van der Waals surface area contributed by atoms with Gasteiger partial charge in [0.1, 0.15) is 23.2 Å². The number of rotatable bonds is 8. The predicted molar refractivity (Wildman–Crippen MR) is 145 cm³/mol. The van der Waals surface area contributed by atoms with Gasteiger partial charge in [0.25, 0.3) is 18.2 Å². The molecule has 0 saturated heterocycles. The molecule has 3 saturated carbocycles. The zero-order valence-corrected chi connectivity index (χ0v) is 22.0. The van der Waals surface area contributed by atoms with Gasteiger partial charge in [0, 0.05) is 23.7 Å². The van der Waals surface area contributed by atoms with E-state index in [1.54, 1.807) is 0 Å². The number of nitrogens with zero attached hydrogens (tertiary/aromatic N) is 1. The first-order valence-electron chi connectivity index (χ1n) is 13.3. The lowest BCUT2D eigenvalue weighted by Crippen LogP contribution is -2.51. The van der Waals surface area contributed by atoms with Crippen LogP contribution in [-0.4, -0.2) is 42.4 Å². The van der Waals surface area contributed by atoms with E-state index in [1.165, 1.54) is 49.5 Å². The average Bonchev–Trinajstić information content (AvgIpc) is 3.64. The van der Waals surface area contributed by atoms with Crippen molar-refractivity contribution in [2.24, 2.45) is 5.92 Å². The molecule has 3 fully saturated rings. The van der Waals surface area contributed by atoms with Crippen LogP contribution in [0.5, 0.6) is 0 Å². The molecule has 0 unspecified atom stereocenters. The van der Waals surface area contributed by atoms with Gasteiger partial charge in [-0.2, -0.15) is 4.98 Å². The summed E-state index contributed by atoms with van der Waals surface area (Å²) in [6, 6.07) is 10.7. The first-order chi connectivity index (χ1) is 19.7. The van der Waals surface area contributed by atoms with Crippen molar-refractivity contribution >= 4 is 28.7 Å². The maximum atomic E-state index is 14.9. The summed E-state index contributed by atoms with van der Waals surface area (Å²) in [4.78, 5) is 30.5. The van der Waals surface area contributed by atoms with Gasteiger partial charge in [-0.15, -0.1) is 0 Å². The Morgan fingerprint density at radius 1 is 1.05 bits per heavy atom. The van der Waals surface area contributed by atoms with E-state index in [0.717, 1.165) is 31.7 Å². The number of pyridine rings is 1. The van der Waals surface area contributed by atoms with Crippen LogP contribution < -0.4 is 16.0 Å². The monoisotopic (exact) mass is 566 g/mol. The largest absolute Gasteiger partial charge is 0.437 e. The quantitative estimate of drug-likeness (QED) is 0.223. The van der Waals surface area contributed by atoms with Crippen LogP contribution in [0.15, 0.2) is 52.9 Å². The van der Waals surface area contributed by atoms with E-state index in [9.17, 15) is 27.2 Å². The van der Waals surface area contributed by atoms with E-state index in [2.05, 4.69) is 20.9 Å². The summed E-state index contributed by atoms with van der Waals surface area (Å²) in [6.45, 7) is -0.739. The number of carbonyl (C=O) groups is 2. The number of alkyl halides is 2. The first kappa shape index (κ1) is 26.8. The van der Waals surface area contributed by atoms with Gasteiger partial charge in [-0.3, -0.25) is 9.59 Å². The van der Waals surface area contributed by atoms with Gasteiger partial charge in [-0.25, -0.2) is 17.6 Å². The van der Waals surface area contributed by atoms with Gasteiger partial charge < -0.3 is 20.4 Å². The van der Waals surface area contributed by atoms with E-state index in [-0.39, 0.29) is 44.9 Å². The molecule has 0 radical (unpaired) electrons. The van der Waals surface area contributed by atoms with Crippen LogP contribution in [0.2, 0.25) is 0 Å². The Bertz CT molecular complexity index is 1660. The Hall–Kier alpha value is -4.41. The van der Waals surface area contributed by atoms with Crippen LogP contribution in [0, 0.1) is 17.6 Å². The number of carbonyl (C=O) groups excluding carboxylic acids is 2. The maximum Gasteiger partial charge on any atom is 0.255 e. The normalized spacial score (nSPS) is 19.3. The van der Waals surface area contributed by atoms with Crippen molar-refractivity contribution in [3.63, 3.8) is 0 Å². The van der Waals surface area contributed by atoms with Crippen molar-refractivity contribution in [1.29, 1.82) is 0 Å². The number of furan rings is 1. The van der Waals surface area contributed by atoms with Crippen molar-refractivity contribution in [3.05, 3.63) is 71.3 Å². The smallest absolute Gasteiger partial charge is 0.255 e. The highest BCUT2D eigenvalue weighted by molar-refractivity contribution is 6.11. The molecule has 212 valence electrons. The Morgan fingerprint density at radius 3 is 2.44 bits per heavy atom. The molecule has 3 aliphatic rings. The number of hydrogen-bond donors (Lipinski definition) is 3. The Morgan fingerprint density at radius 2 is 1.78 bits per heavy atom. The van der Waals surface area contributed by atoms with Gasteiger partial charge in [-0.1, -0.05) is 6.07 Å². The zero-order chi connectivity index (χ0) is 28.9.